The highest BCUT2D eigenvalue weighted by Crippen LogP contribution is 2.27. The molecule has 2 aliphatic heterocycles. The number of nitrogens with one attached hydrogen (secondary N) is 1. The quantitative estimate of drug-likeness (QED) is 0.879. The van der Waals surface area contributed by atoms with Crippen LogP contribution in [-0.2, 0) is 14.3 Å². The Morgan fingerprint density at radius 2 is 2.07 bits per heavy atom. The number of ether oxygens (including phenoxy) is 2. The Balaban J connectivity index is 1.40. The number of carbonyl (C=O) groups is 2. The van der Waals surface area contributed by atoms with Crippen molar-refractivity contribution in [1.82, 2.24) is 15.2 Å². The highest BCUT2D eigenvalue weighted by Gasteiger charge is 2.42. The van der Waals surface area contributed by atoms with E-state index in [0.29, 0.717) is 13.1 Å². The molecule has 2 aliphatic rings. The molecule has 2 saturated heterocycles. The van der Waals surface area contributed by atoms with E-state index in [4.69, 9.17) is 9.47 Å². The van der Waals surface area contributed by atoms with Crippen molar-refractivity contribution in [3.8, 4) is 5.75 Å². The number of morpholine rings is 1. The van der Waals surface area contributed by atoms with Gasteiger partial charge in [-0.2, -0.15) is 0 Å². The Morgan fingerprint density at radius 3 is 2.81 bits per heavy atom. The van der Waals surface area contributed by atoms with Crippen LogP contribution >= 0.6 is 0 Å². The van der Waals surface area contributed by atoms with E-state index in [9.17, 15) is 9.59 Å². The molecule has 2 fully saturated rings. The maximum atomic E-state index is 12.9. The van der Waals surface area contributed by atoms with E-state index in [1.165, 1.54) is 0 Å². The molecule has 1 aromatic heterocycles. The van der Waals surface area contributed by atoms with Crippen molar-refractivity contribution in [3.63, 3.8) is 0 Å². The molecule has 2 aromatic rings. The average Bonchev–Trinajstić information content (AvgIpc) is 2.66. The van der Waals surface area contributed by atoms with Crippen LogP contribution < -0.4 is 10.1 Å². The minimum Gasteiger partial charge on any atom is -0.486 e. The van der Waals surface area contributed by atoms with Crippen LogP contribution in [0.5, 0.6) is 5.75 Å². The summed E-state index contributed by atoms with van der Waals surface area (Å²) in [5.41, 5.74) is 1.81. The monoisotopic (exact) mass is 367 g/mol. The minimum atomic E-state index is -0.758. The third-order valence-corrected chi connectivity index (χ3v) is 4.85. The van der Waals surface area contributed by atoms with Gasteiger partial charge in [0.25, 0.3) is 5.91 Å². The van der Waals surface area contributed by atoms with Crippen LogP contribution in [0.4, 0.5) is 0 Å². The predicted octanol–water partition coefficient (Wildman–Crippen LogP) is 1.24. The third kappa shape index (κ3) is 3.64. The van der Waals surface area contributed by atoms with Gasteiger partial charge in [-0.25, -0.2) is 0 Å². The molecule has 0 aliphatic carbocycles. The molecule has 1 aromatic carbocycles. The summed E-state index contributed by atoms with van der Waals surface area (Å²) >= 11 is 0. The lowest BCUT2D eigenvalue weighted by Gasteiger charge is -2.42. The fourth-order valence-electron chi connectivity index (χ4n) is 3.33. The molecule has 140 valence electrons. The number of benzene rings is 1. The number of aromatic nitrogens is 1. The van der Waals surface area contributed by atoms with Crippen molar-refractivity contribution in [2.75, 3.05) is 19.7 Å². The summed E-state index contributed by atoms with van der Waals surface area (Å²) in [6, 6.07) is 10.9. The molecule has 27 heavy (non-hydrogen) atoms. The number of hydrogen-bond donors (Lipinski definition) is 1. The smallest absolute Gasteiger partial charge is 0.254 e. The summed E-state index contributed by atoms with van der Waals surface area (Å²) in [5, 5.41) is 2.84. The van der Waals surface area contributed by atoms with Crippen LogP contribution in [0.15, 0.2) is 48.8 Å². The van der Waals surface area contributed by atoms with E-state index < -0.39 is 12.1 Å². The van der Waals surface area contributed by atoms with Gasteiger partial charge in [-0.15, -0.1) is 0 Å². The highest BCUT2D eigenvalue weighted by molar-refractivity contribution is 5.86. The van der Waals surface area contributed by atoms with E-state index in [0.717, 1.165) is 16.9 Å². The molecule has 4 rings (SSSR count). The largest absolute Gasteiger partial charge is 0.486 e. The summed E-state index contributed by atoms with van der Waals surface area (Å²) in [6.45, 7) is 2.87. The number of pyridine rings is 1. The van der Waals surface area contributed by atoms with E-state index in [-0.39, 0.29) is 24.5 Å². The van der Waals surface area contributed by atoms with Gasteiger partial charge in [0.1, 0.15) is 18.5 Å². The number of likely N-dealkylation sites (tertiary alicyclic amines) is 1. The van der Waals surface area contributed by atoms with Crippen LogP contribution in [-0.4, -0.2) is 53.6 Å². The van der Waals surface area contributed by atoms with E-state index in [1.807, 2.05) is 37.3 Å². The van der Waals surface area contributed by atoms with Crippen molar-refractivity contribution >= 4 is 11.8 Å². The van der Waals surface area contributed by atoms with Gasteiger partial charge >= 0.3 is 0 Å². The first kappa shape index (κ1) is 17.5. The number of carbonyl (C=O) groups excluding carboxylic acids is 2. The van der Waals surface area contributed by atoms with Gasteiger partial charge in [0, 0.05) is 12.4 Å². The Hall–Kier alpha value is -2.93. The second-order valence-electron chi connectivity index (χ2n) is 6.81. The van der Waals surface area contributed by atoms with E-state index in [1.54, 1.807) is 23.4 Å². The molecule has 0 unspecified atom stereocenters. The molecule has 2 atom stereocenters. The zero-order valence-corrected chi connectivity index (χ0v) is 15.0. The SMILES string of the molecule is Cc1ccccc1OC1CN(C(=O)[C@H]2OCC(=O)N[C@@H]2c2cccnc2)C1. The standard InChI is InChI=1S/C20H21N3O4/c1-13-5-2-3-7-16(13)27-15-10-23(11-15)20(25)19-18(22-17(24)12-26-19)14-6-4-8-21-9-14/h2-9,15,18-19H,10-12H2,1H3,(H,22,24)/t18-,19+/m1/s1. The topological polar surface area (TPSA) is 80.8 Å². The van der Waals surface area contributed by atoms with E-state index in [2.05, 4.69) is 10.3 Å². The third-order valence-electron chi connectivity index (χ3n) is 4.85. The Labute approximate surface area is 157 Å². The van der Waals surface area contributed by atoms with Crippen LogP contribution in [0.1, 0.15) is 17.2 Å². The lowest BCUT2D eigenvalue weighted by atomic mass is 9.99. The summed E-state index contributed by atoms with van der Waals surface area (Å²) in [5.74, 6) is 0.453. The van der Waals surface area contributed by atoms with Crippen LogP contribution in [0.2, 0.25) is 0 Å². The maximum absolute atomic E-state index is 12.9. The average molecular weight is 367 g/mol. The summed E-state index contributed by atoms with van der Waals surface area (Å²) in [7, 11) is 0. The zero-order chi connectivity index (χ0) is 18.8. The number of nitrogens with zero attached hydrogens (tertiary/aromatic N) is 2. The van der Waals surface area contributed by atoms with E-state index >= 15 is 0 Å². The van der Waals surface area contributed by atoms with Crippen molar-refractivity contribution in [1.29, 1.82) is 0 Å². The van der Waals surface area contributed by atoms with Gasteiger partial charge in [0.2, 0.25) is 5.91 Å². The van der Waals surface area contributed by atoms with Gasteiger partial charge in [0.15, 0.2) is 6.10 Å². The maximum Gasteiger partial charge on any atom is 0.254 e. The van der Waals surface area contributed by atoms with Crippen molar-refractivity contribution < 1.29 is 19.1 Å². The zero-order valence-electron chi connectivity index (χ0n) is 15.0. The number of para-hydroxylation sites is 1. The minimum absolute atomic E-state index is 0.0370. The van der Waals surface area contributed by atoms with Gasteiger partial charge in [-0.05, 0) is 30.2 Å². The first-order valence-electron chi connectivity index (χ1n) is 8.94. The molecule has 7 heteroatoms. The molecule has 2 amide bonds. The first-order valence-corrected chi connectivity index (χ1v) is 8.94. The molecule has 0 radical (unpaired) electrons. The second-order valence-corrected chi connectivity index (χ2v) is 6.81. The second kappa shape index (κ2) is 7.36. The number of rotatable bonds is 4. The summed E-state index contributed by atoms with van der Waals surface area (Å²) < 4.78 is 11.5. The molecule has 3 heterocycles. The number of hydrogen-bond acceptors (Lipinski definition) is 5. The fourth-order valence-corrected chi connectivity index (χ4v) is 3.33. The lowest BCUT2D eigenvalue weighted by molar-refractivity contribution is -0.162. The predicted molar refractivity (Wildman–Crippen MR) is 97.0 cm³/mol. The molecular weight excluding hydrogens is 346 g/mol. The van der Waals surface area contributed by atoms with Crippen LogP contribution in [0.25, 0.3) is 0 Å². The Kier molecular flexibility index (Phi) is 4.77. The molecule has 1 N–H and O–H groups in total. The molecule has 0 spiro atoms. The number of aryl methyl sites for hydroxylation is 1. The van der Waals surface area contributed by atoms with Crippen molar-refractivity contribution in [3.05, 3.63) is 59.9 Å². The Bertz CT molecular complexity index is 836. The summed E-state index contributed by atoms with van der Waals surface area (Å²) in [6.07, 6.45) is 2.49. The fraction of sp³-hybridized carbons (Fsp3) is 0.350. The lowest BCUT2D eigenvalue weighted by Crippen LogP contribution is -2.62. The van der Waals surface area contributed by atoms with Crippen molar-refractivity contribution in [2.24, 2.45) is 0 Å². The summed E-state index contributed by atoms with van der Waals surface area (Å²) in [4.78, 5) is 30.4. The van der Waals surface area contributed by atoms with Crippen LogP contribution in [0, 0.1) is 6.92 Å². The first-order chi connectivity index (χ1) is 13.1. The molecule has 0 bridgehead atoms. The molecule has 7 nitrogen and oxygen atoms in total. The number of amides is 2. The van der Waals surface area contributed by atoms with Crippen molar-refractivity contribution in [2.45, 2.75) is 25.2 Å². The van der Waals surface area contributed by atoms with Gasteiger partial charge < -0.3 is 19.7 Å². The molecular formula is C20H21N3O4. The van der Waals surface area contributed by atoms with Gasteiger partial charge in [-0.3, -0.25) is 14.6 Å². The van der Waals surface area contributed by atoms with Gasteiger partial charge in [-0.1, -0.05) is 24.3 Å². The van der Waals surface area contributed by atoms with Crippen LogP contribution in [0.3, 0.4) is 0 Å². The molecule has 0 saturated carbocycles. The Morgan fingerprint density at radius 1 is 1.26 bits per heavy atom. The highest BCUT2D eigenvalue weighted by atomic mass is 16.5. The van der Waals surface area contributed by atoms with Gasteiger partial charge in [0.05, 0.1) is 19.1 Å². The normalized spacial score (nSPS) is 22.7.